The Labute approximate surface area is 156 Å². The number of sulfonamides is 1. The fraction of sp³-hybridized carbons (Fsp3) is 0.278. The lowest BCUT2D eigenvalue weighted by Crippen LogP contribution is -2.43. The summed E-state index contributed by atoms with van der Waals surface area (Å²) in [7, 11) is -2.98. The molecule has 0 bridgehead atoms. The van der Waals surface area contributed by atoms with Gasteiger partial charge in [-0.05, 0) is 48.6 Å². The molecule has 0 spiro atoms. The molecule has 2 aromatic carbocycles. The Morgan fingerprint density at radius 3 is 2.46 bits per heavy atom. The average molecular weight is 398 g/mol. The molecule has 0 saturated heterocycles. The highest BCUT2D eigenvalue weighted by Crippen LogP contribution is 2.38. The van der Waals surface area contributed by atoms with Crippen molar-refractivity contribution in [3.8, 4) is 0 Å². The quantitative estimate of drug-likeness (QED) is 0.784. The fourth-order valence-corrected chi connectivity index (χ4v) is 4.62. The van der Waals surface area contributed by atoms with E-state index >= 15 is 0 Å². The summed E-state index contributed by atoms with van der Waals surface area (Å²) in [4.78, 5) is 11.4. The Bertz CT molecular complexity index is 925. The first kappa shape index (κ1) is 18.8. The van der Waals surface area contributed by atoms with E-state index in [0.717, 1.165) is 18.7 Å². The Kier molecular flexibility index (Phi) is 5.32. The molecule has 1 saturated carbocycles. The zero-order valence-electron chi connectivity index (χ0n) is 13.9. The molecule has 0 radical (unpaired) electrons. The van der Waals surface area contributed by atoms with Gasteiger partial charge in [0.25, 0.3) is 0 Å². The van der Waals surface area contributed by atoms with Crippen molar-refractivity contribution < 1.29 is 22.3 Å². The molecule has 0 heterocycles. The van der Waals surface area contributed by atoms with E-state index < -0.39 is 32.3 Å². The summed E-state index contributed by atoms with van der Waals surface area (Å²) in [5.74, 6) is -1.74. The molecule has 1 aliphatic rings. The number of carbonyl (C=O) groups is 1. The number of rotatable bonds is 5. The van der Waals surface area contributed by atoms with Gasteiger partial charge in [-0.25, -0.2) is 22.3 Å². The Balaban J connectivity index is 1.74. The van der Waals surface area contributed by atoms with E-state index in [2.05, 4.69) is 9.46 Å². The number of halogens is 2. The first-order valence-electron chi connectivity index (χ1n) is 7.96. The number of ether oxygens (including phenoxy) is 1. The van der Waals surface area contributed by atoms with Crippen LogP contribution in [0.3, 0.4) is 0 Å². The number of carbonyl (C=O) groups excluding carboxylic acids is 1. The van der Waals surface area contributed by atoms with Gasteiger partial charge in [-0.3, -0.25) is 0 Å². The molecule has 1 N–H and O–H groups in total. The van der Waals surface area contributed by atoms with Gasteiger partial charge in [0.15, 0.2) is 0 Å². The molecule has 1 fully saturated rings. The van der Waals surface area contributed by atoms with Crippen molar-refractivity contribution in [3.63, 3.8) is 0 Å². The minimum atomic E-state index is -4.05. The standard InChI is InChI=1S/C18H17ClFNO4S/c1-25-18(22)17-15(20)3-2-4-16(17)26(23,24)21-14-9-12(10-14)11-5-7-13(19)8-6-11/h2-8,12,14,21H,9-10H2,1H3. The first-order valence-corrected chi connectivity index (χ1v) is 9.82. The maximum Gasteiger partial charge on any atom is 0.342 e. The van der Waals surface area contributed by atoms with Crippen LogP contribution in [0.5, 0.6) is 0 Å². The topological polar surface area (TPSA) is 72.5 Å². The summed E-state index contributed by atoms with van der Waals surface area (Å²) in [5.41, 5.74) is 0.502. The molecule has 138 valence electrons. The molecule has 5 nitrogen and oxygen atoms in total. The summed E-state index contributed by atoms with van der Waals surface area (Å²) in [5, 5.41) is 0.645. The largest absolute Gasteiger partial charge is 0.465 e. The molecule has 26 heavy (non-hydrogen) atoms. The Morgan fingerprint density at radius 2 is 1.85 bits per heavy atom. The average Bonchev–Trinajstić information content (AvgIpc) is 2.58. The number of benzene rings is 2. The molecule has 0 aliphatic heterocycles. The molecule has 0 atom stereocenters. The van der Waals surface area contributed by atoms with Gasteiger partial charge in [-0.2, -0.15) is 0 Å². The lowest BCUT2D eigenvalue weighted by atomic mass is 9.76. The van der Waals surface area contributed by atoms with Crippen LogP contribution >= 0.6 is 11.6 Å². The smallest absolute Gasteiger partial charge is 0.342 e. The van der Waals surface area contributed by atoms with Crippen molar-refractivity contribution >= 4 is 27.6 Å². The second kappa shape index (κ2) is 7.34. The summed E-state index contributed by atoms with van der Waals surface area (Å²) >= 11 is 5.87. The van der Waals surface area contributed by atoms with Gasteiger partial charge in [0.1, 0.15) is 11.4 Å². The molecule has 2 aromatic rings. The van der Waals surface area contributed by atoms with Gasteiger partial charge in [-0.1, -0.05) is 29.8 Å². The van der Waals surface area contributed by atoms with Crippen LogP contribution in [0, 0.1) is 5.82 Å². The highest BCUT2D eigenvalue weighted by Gasteiger charge is 2.35. The molecule has 3 rings (SSSR count). The highest BCUT2D eigenvalue weighted by molar-refractivity contribution is 7.89. The van der Waals surface area contributed by atoms with Gasteiger partial charge in [0.2, 0.25) is 10.0 Å². The van der Waals surface area contributed by atoms with Crippen LogP contribution in [-0.2, 0) is 14.8 Å². The fourth-order valence-electron chi connectivity index (χ4n) is 3.03. The van der Waals surface area contributed by atoms with Crippen molar-refractivity contribution in [1.29, 1.82) is 0 Å². The molecule has 0 aromatic heterocycles. The third-order valence-electron chi connectivity index (χ3n) is 4.46. The number of nitrogens with one attached hydrogen (secondary N) is 1. The van der Waals surface area contributed by atoms with Crippen LogP contribution in [0.2, 0.25) is 5.02 Å². The molecule has 0 unspecified atom stereocenters. The van der Waals surface area contributed by atoms with E-state index in [1.165, 1.54) is 12.1 Å². The molecule has 1 aliphatic carbocycles. The van der Waals surface area contributed by atoms with Gasteiger partial charge in [0.05, 0.1) is 12.0 Å². The van der Waals surface area contributed by atoms with E-state index in [1.54, 1.807) is 12.1 Å². The van der Waals surface area contributed by atoms with Crippen LogP contribution in [-0.4, -0.2) is 27.5 Å². The third-order valence-corrected chi connectivity index (χ3v) is 6.27. The monoisotopic (exact) mass is 397 g/mol. The second-order valence-electron chi connectivity index (χ2n) is 6.14. The zero-order valence-corrected chi connectivity index (χ0v) is 15.5. The van der Waals surface area contributed by atoms with Crippen molar-refractivity contribution in [2.75, 3.05) is 7.11 Å². The number of methoxy groups -OCH3 is 1. The van der Waals surface area contributed by atoms with E-state index in [-0.39, 0.29) is 12.0 Å². The predicted octanol–water partition coefficient (Wildman–Crippen LogP) is 3.49. The van der Waals surface area contributed by atoms with Gasteiger partial charge >= 0.3 is 5.97 Å². The summed E-state index contributed by atoms with van der Waals surface area (Å²) in [6, 6.07) is 10.6. The van der Waals surface area contributed by atoms with Gasteiger partial charge < -0.3 is 4.74 Å². The maximum absolute atomic E-state index is 14.0. The van der Waals surface area contributed by atoms with Crippen molar-refractivity contribution in [2.45, 2.75) is 29.7 Å². The Hall–Kier alpha value is -1.96. The van der Waals surface area contributed by atoms with Crippen LogP contribution in [0.4, 0.5) is 4.39 Å². The molecular formula is C18H17ClFNO4S. The lowest BCUT2D eigenvalue weighted by molar-refractivity contribution is 0.0590. The molecular weight excluding hydrogens is 381 g/mol. The first-order chi connectivity index (χ1) is 12.3. The van der Waals surface area contributed by atoms with Crippen molar-refractivity contribution in [3.05, 3.63) is 64.4 Å². The Morgan fingerprint density at radius 1 is 1.19 bits per heavy atom. The van der Waals surface area contributed by atoms with Crippen LogP contribution < -0.4 is 4.72 Å². The van der Waals surface area contributed by atoms with Crippen molar-refractivity contribution in [1.82, 2.24) is 4.72 Å². The number of hydrogen-bond donors (Lipinski definition) is 1. The SMILES string of the molecule is COC(=O)c1c(F)cccc1S(=O)(=O)NC1CC(c2ccc(Cl)cc2)C1. The van der Waals surface area contributed by atoms with E-state index in [1.807, 2.05) is 12.1 Å². The van der Waals surface area contributed by atoms with Crippen molar-refractivity contribution in [2.24, 2.45) is 0 Å². The summed E-state index contributed by atoms with van der Waals surface area (Å²) < 4.78 is 46.2. The lowest BCUT2D eigenvalue weighted by Gasteiger charge is -2.36. The maximum atomic E-state index is 14.0. The van der Waals surface area contributed by atoms with E-state index in [4.69, 9.17) is 11.6 Å². The summed E-state index contributed by atoms with van der Waals surface area (Å²) in [6.45, 7) is 0. The minimum absolute atomic E-state index is 0.229. The van der Waals surface area contributed by atoms with Crippen LogP contribution in [0.1, 0.15) is 34.7 Å². The van der Waals surface area contributed by atoms with Crippen LogP contribution in [0.25, 0.3) is 0 Å². The molecule has 0 amide bonds. The van der Waals surface area contributed by atoms with Gasteiger partial charge in [-0.15, -0.1) is 0 Å². The van der Waals surface area contributed by atoms with E-state index in [0.29, 0.717) is 17.9 Å². The highest BCUT2D eigenvalue weighted by atomic mass is 35.5. The third kappa shape index (κ3) is 3.75. The zero-order chi connectivity index (χ0) is 18.9. The number of hydrogen-bond acceptors (Lipinski definition) is 4. The molecule has 8 heteroatoms. The van der Waals surface area contributed by atoms with Gasteiger partial charge in [0, 0.05) is 11.1 Å². The summed E-state index contributed by atoms with van der Waals surface area (Å²) in [6.07, 6.45) is 1.23. The van der Waals surface area contributed by atoms with E-state index in [9.17, 15) is 17.6 Å². The second-order valence-corrected chi connectivity index (χ2v) is 8.26. The van der Waals surface area contributed by atoms with Crippen LogP contribution in [0.15, 0.2) is 47.4 Å². The number of esters is 1. The predicted molar refractivity (Wildman–Crippen MR) is 95.3 cm³/mol. The normalized spacial score (nSPS) is 19.7. The minimum Gasteiger partial charge on any atom is -0.465 e.